The number of piperazine rings is 1. The summed E-state index contributed by atoms with van der Waals surface area (Å²) in [7, 11) is 0. The van der Waals surface area contributed by atoms with E-state index in [-0.39, 0.29) is 5.54 Å². The van der Waals surface area contributed by atoms with Crippen LogP contribution < -0.4 is 16.0 Å². The van der Waals surface area contributed by atoms with Crippen LogP contribution in [0.15, 0.2) is 23.5 Å². The topological polar surface area (TPSA) is 82.7 Å². The molecule has 0 atom stereocenters. The van der Waals surface area contributed by atoms with Crippen molar-refractivity contribution in [1.29, 1.82) is 0 Å². The first-order valence-corrected chi connectivity index (χ1v) is 8.26. The smallest absolute Gasteiger partial charge is 0.225 e. The van der Waals surface area contributed by atoms with E-state index in [1.54, 1.807) is 12.4 Å². The van der Waals surface area contributed by atoms with Crippen molar-refractivity contribution in [3.05, 3.63) is 18.5 Å². The molecule has 1 fully saturated rings. The first-order valence-electron chi connectivity index (χ1n) is 8.26. The van der Waals surface area contributed by atoms with Crippen LogP contribution in [0.2, 0.25) is 0 Å². The summed E-state index contributed by atoms with van der Waals surface area (Å²) in [6.45, 7) is 12.1. The quantitative estimate of drug-likeness (QED) is 0.472. The van der Waals surface area contributed by atoms with Gasteiger partial charge in [0, 0.05) is 57.2 Å². The number of nitrogens with two attached hydrogens (primary N) is 1. The zero-order chi connectivity index (χ0) is 16.7. The van der Waals surface area contributed by atoms with Crippen LogP contribution in [0, 0.1) is 0 Å². The zero-order valence-electron chi connectivity index (χ0n) is 14.5. The zero-order valence-corrected chi connectivity index (χ0v) is 14.5. The van der Waals surface area contributed by atoms with Gasteiger partial charge in [-0.2, -0.15) is 0 Å². The molecule has 0 radical (unpaired) electrons. The number of anilines is 1. The minimum absolute atomic E-state index is 0.0383. The predicted octanol–water partition coefficient (Wildman–Crippen LogP) is 0.692. The van der Waals surface area contributed by atoms with Crippen LogP contribution in [0.25, 0.3) is 0 Å². The fourth-order valence-electron chi connectivity index (χ4n) is 2.54. The number of nitrogens with zero attached hydrogens (tertiary/aromatic N) is 5. The Kier molecular flexibility index (Phi) is 6.15. The van der Waals surface area contributed by atoms with Crippen molar-refractivity contribution in [2.24, 2.45) is 10.7 Å². The van der Waals surface area contributed by atoms with Crippen LogP contribution in [0.4, 0.5) is 5.95 Å². The SMILES string of the molecule is CC(C)(C)NC(N)=NCCCN1CCN(c2ncccn2)CC1. The van der Waals surface area contributed by atoms with Gasteiger partial charge in [0.25, 0.3) is 0 Å². The van der Waals surface area contributed by atoms with Crippen molar-refractivity contribution in [3.8, 4) is 0 Å². The number of guanidine groups is 1. The second-order valence-electron chi connectivity index (χ2n) is 6.87. The predicted molar refractivity (Wildman–Crippen MR) is 94.7 cm³/mol. The van der Waals surface area contributed by atoms with Crippen LogP contribution in [0.1, 0.15) is 27.2 Å². The molecule has 0 aromatic carbocycles. The third kappa shape index (κ3) is 6.40. The summed E-state index contributed by atoms with van der Waals surface area (Å²) in [4.78, 5) is 17.7. The maximum atomic E-state index is 5.87. The lowest BCUT2D eigenvalue weighted by molar-refractivity contribution is 0.255. The molecule has 0 spiro atoms. The molecule has 1 aromatic rings. The Labute approximate surface area is 139 Å². The summed E-state index contributed by atoms with van der Waals surface area (Å²) < 4.78 is 0. The molecule has 0 bridgehead atoms. The molecule has 2 heterocycles. The van der Waals surface area contributed by atoms with Gasteiger partial charge in [-0.25, -0.2) is 9.97 Å². The highest BCUT2D eigenvalue weighted by Gasteiger charge is 2.18. The number of hydrogen-bond donors (Lipinski definition) is 2. The molecular formula is C16H29N7. The van der Waals surface area contributed by atoms with E-state index in [1.165, 1.54) is 0 Å². The van der Waals surface area contributed by atoms with Crippen LogP contribution >= 0.6 is 0 Å². The summed E-state index contributed by atoms with van der Waals surface area (Å²) in [5.41, 5.74) is 5.83. The Bertz CT molecular complexity index is 487. The molecule has 3 N–H and O–H groups in total. The van der Waals surface area contributed by atoms with Crippen molar-refractivity contribution in [2.45, 2.75) is 32.7 Å². The maximum Gasteiger partial charge on any atom is 0.225 e. The Morgan fingerprint density at radius 1 is 1.22 bits per heavy atom. The average Bonchev–Trinajstić information content (AvgIpc) is 2.51. The Balaban J connectivity index is 1.64. The third-order valence-electron chi connectivity index (χ3n) is 3.62. The van der Waals surface area contributed by atoms with Crippen molar-refractivity contribution < 1.29 is 0 Å². The average molecular weight is 319 g/mol. The fraction of sp³-hybridized carbons (Fsp3) is 0.688. The van der Waals surface area contributed by atoms with Gasteiger partial charge < -0.3 is 16.0 Å². The Hall–Kier alpha value is -1.89. The molecule has 1 aliphatic rings. The molecule has 0 unspecified atom stereocenters. The van der Waals surface area contributed by atoms with Gasteiger partial charge in [0.1, 0.15) is 0 Å². The summed E-state index contributed by atoms with van der Waals surface area (Å²) >= 11 is 0. The second-order valence-corrected chi connectivity index (χ2v) is 6.87. The standard InChI is InChI=1S/C16H29N7/c1-16(2,3)21-14(17)18-8-5-9-22-10-12-23(13-11-22)15-19-6-4-7-20-15/h4,6-7H,5,8-13H2,1-3H3,(H3,17,18,21). The molecule has 7 heteroatoms. The highest BCUT2D eigenvalue weighted by molar-refractivity contribution is 5.78. The molecule has 0 aliphatic carbocycles. The lowest BCUT2D eigenvalue weighted by Gasteiger charge is -2.34. The first kappa shape index (κ1) is 17.5. The highest BCUT2D eigenvalue weighted by atomic mass is 15.3. The van der Waals surface area contributed by atoms with E-state index in [1.807, 2.05) is 6.07 Å². The number of nitrogens with one attached hydrogen (secondary N) is 1. The van der Waals surface area contributed by atoms with Crippen LogP contribution in [0.3, 0.4) is 0 Å². The van der Waals surface area contributed by atoms with E-state index >= 15 is 0 Å². The van der Waals surface area contributed by atoms with E-state index < -0.39 is 0 Å². The fourth-order valence-corrected chi connectivity index (χ4v) is 2.54. The lowest BCUT2D eigenvalue weighted by Crippen LogP contribution is -2.47. The van der Waals surface area contributed by atoms with Crippen molar-refractivity contribution >= 4 is 11.9 Å². The molecular weight excluding hydrogens is 290 g/mol. The highest BCUT2D eigenvalue weighted by Crippen LogP contribution is 2.09. The van der Waals surface area contributed by atoms with Crippen LogP contribution in [0.5, 0.6) is 0 Å². The van der Waals surface area contributed by atoms with Gasteiger partial charge in [-0.1, -0.05) is 0 Å². The van der Waals surface area contributed by atoms with Gasteiger partial charge >= 0.3 is 0 Å². The Morgan fingerprint density at radius 2 is 1.87 bits per heavy atom. The first-order chi connectivity index (χ1) is 10.9. The Morgan fingerprint density at radius 3 is 2.48 bits per heavy atom. The van der Waals surface area contributed by atoms with Gasteiger partial charge in [-0.15, -0.1) is 0 Å². The molecule has 1 saturated heterocycles. The minimum Gasteiger partial charge on any atom is -0.370 e. The van der Waals surface area contributed by atoms with Gasteiger partial charge in [-0.05, 0) is 33.3 Å². The summed E-state index contributed by atoms with van der Waals surface area (Å²) in [5, 5.41) is 3.18. The molecule has 7 nitrogen and oxygen atoms in total. The third-order valence-corrected chi connectivity index (χ3v) is 3.62. The van der Waals surface area contributed by atoms with Gasteiger partial charge in [0.05, 0.1) is 0 Å². The van der Waals surface area contributed by atoms with Crippen molar-refractivity contribution in [3.63, 3.8) is 0 Å². The number of aromatic nitrogens is 2. The monoisotopic (exact) mass is 319 g/mol. The van der Waals surface area contributed by atoms with E-state index in [2.05, 4.69) is 50.8 Å². The molecule has 0 saturated carbocycles. The molecule has 23 heavy (non-hydrogen) atoms. The summed E-state index contributed by atoms with van der Waals surface area (Å²) in [6, 6.07) is 1.85. The van der Waals surface area contributed by atoms with E-state index in [0.717, 1.165) is 51.6 Å². The van der Waals surface area contributed by atoms with E-state index in [0.29, 0.717) is 5.96 Å². The molecule has 1 aromatic heterocycles. The van der Waals surface area contributed by atoms with Gasteiger partial charge in [0.2, 0.25) is 5.95 Å². The van der Waals surface area contributed by atoms with Gasteiger partial charge in [0.15, 0.2) is 5.96 Å². The minimum atomic E-state index is -0.0383. The normalized spacial score (nSPS) is 17.3. The van der Waals surface area contributed by atoms with Crippen LogP contribution in [-0.4, -0.2) is 65.6 Å². The molecule has 2 rings (SSSR count). The largest absolute Gasteiger partial charge is 0.370 e. The van der Waals surface area contributed by atoms with E-state index in [4.69, 9.17) is 5.73 Å². The number of rotatable bonds is 5. The van der Waals surface area contributed by atoms with Crippen LogP contribution in [-0.2, 0) is 0 Å². The maximum absolute atomic E-state index is 5.87. The summed E-state index contributed by atoms with van der Waals surface area (Å²) in [6.07, 6.45) is 4.61. The second kappa shape index (κ2) is 8.10. The molecule has 1 aliphatic heterocycles. The van der Waals surface area contributed by atoms with E-state index in [9.17, 15) is 0 Å². The molecule has 0 amide bonds. The number of hydrogen-bond acceptors (Lipinski definition) is 5. The lowest BCUT2D eigenvalue weighted by atomic mass is 10.1. The molecule has 128 valence electrons. The van der Waals surface area contributed by atoms with Crippen molar-refractivity contribution in [1.82, 2.24) is 20.2 Å². The van der Waals surface area contributed by atoms with Gasteiger partial charge in [-0.3, -0.25) is 9.89 Å². The van der Waals surface area contributed by atoms with Crippen molar-refractivity contribution in [2.75, 3.05) is 44.2 Å². The summed E-state index contributed by atoms with van der Waals surface area (Å²) in [5.74, 6) is 1.36. The number of aliphatic imine (C=N–C) groups is 1.